The van der Waals surface area contributed by atoms with Crippen molar-refractivity contribution >= 4 is 0 Å². The Labute approximate surface area is 78.4 Å². The summed E-state index contributed by atoms with van der Waals surface area (Å²) >= 11 is 0. The smallest absolute Gasteiger partial charge is 0.0947 e. The summed E-state index contributed by atoms with van der Waals surface area (Å²) in [5, 5.41) is 3.27. The summed E-state index contributed by atoms with van der Waals surface area (Å²) in [6.45, 7) is 5.98. The van der Waals surface area contributed by atoms with Crippen LogP contribution < -0.4 is 5.32 Å². The van der Waals surface area contributed by atoms with Crippen LogP contribution in [0.15, 0.2) is 35.9 Å². The molecule has 0 radical (unpaired) electrons. The van der Waals surface area contributed by atoms with E-state index >= 15 is 0 Å². The van der Waals surface area contributed by atoms with Crippen LogP contribution in [0.4, 0.5) is 0 Å². The van der Waals surface area contributed by atoms with Gasteiger partial charge in [0.2, 0.25) is 0 Å². The van der Waals surface area contributed by atoms with Crippen LogP contribution >= 0.6 is 0 Å². The second kappa shape index (κ2) is 6.31. The number of furan rings is 1. The third kappa shape index (κ3) is 4.38. The largest absolute Gasteiger partial charge is 0.502 e. The van der Waals surface area contributed by atoms with Crippen molar-refractivity contribution < 1.29 is 9.15 Å². The predicted octanol–water partition coefficient (Wildman–Crippen LogP) is 1.92. The summed E-state index contributed by atoms with van der Waals surface area (Å²) in [6.07, 6.45) is 5.88. The second-order valence-electron chi connectivity index (χ2n) is 2.70. The molecule has 0 saturated carbocycles. The Balaban J connectivity index is 1.93. The lowest BCUT2D eigenvalue weighted by atomic mass is 10.3. The first-order valence-electron chi connectivity index (χ1n) is 4.38. The molecule has 0 amide bonds. The number of hydrogen-bond donors (Lipinski definition) is 1. The number of rotatable bonds is 7. The lowest BCUT2D eigenvalue weighted by Crippen LogP contribution is -2.15. The van der Waals surface area contributed by atoms with Crippen LogP contribution in [0.2, 0.25) is 0 Å². The van der Waals surface area contributed by atoms with Crippen LogP contribution in [0.25, 0.3) is 0 Å². The third-order valence-corrected chi connectivity index (χ3v) is 1.64. The Kier molecular flexibility index (Phi) is 4.79. The highest BCUT2D eigenvalue weighted by Gasteiger charge is 1.92. The number of hydrogen-bond acceptors (Lipinski definition) is 3. The van der Waals surface area contributed by atoms with Crippen LogP contribution in [-0.4, -0.2) is 13.2 Å². The highest BCUT2D eigenvalue weighted by atomic mass is 16.5. The van der Waals surface area contributed by atoms with E-state index in [4.69, 9.17) is 9.15 Å². The molecular formula is C10H15NO2. The molecule has 1 aromatic rings. The molecule has 3 heteroatoms. The normalized spacial score (nSPS) is 9.85. The molecular weight excluding hydrogens is 166 g/mol. The van der Waals surface area contributed by atoms with E-state index in [1.807, 2.05) is 6.07 Å². The van der Waals surface area contributed by atoms with Gasteiger partial charge in [0.1, 0.15) is 0 Å². The summed E-state index contributed by atoms with van der Waals surface area (Å²) in [4.78, 5) is 0. The Hall–Kier alpha value is -1.22. The number of nitrogens with one attached hydrogen (secondary N) is 1. The van der Waals surface area contributed by atoms with E-state index in [1.165, 1.54) is 11.8 Å². The topological polar surface area (TPSA) is 34.4 Å². The van der Waals surface area contributed by atoms with Gasteiger partial charge in [-0.05, 0) is 19.0 Å². The summed E-state index contributed by atoms with van der Waals surface area (Å²) < 4.78 is 9.91. The van der Waals surface area contributed by atoms with E-state index in [0.29, 0.717) is 0 Å². The Bertz CT molecular complexity index is 219. The van der Waals surface area contributed by atoms with Gasteiger partial charge < -0.3 is 14.5 Å². The molecule has 0 bridgehead atoms. The zero-order chi connectivity index (χ0) is 9.36. The molecule has 0 aliphatic rings. The van der Waals surface area contributed by atoms with Gasteiger partial charge in [-0.25, -0.2) is 0 Å². The summed E-state index contributed by atoms with van der Waals surface area (Å²) in [5.41, 5.74) is 1.17. The molecule has 72 valence electrons. The first-order valence-corrected chi connectivity index (χ1v) is 4.38. The van der Waals surface area contributed by atoms with Gasteiger partial charge in [-0.2, -0.15) is 0 Å². The minimum absolute atomic E-state index is 0.724. The summed E-state index contributed by atoms with van der Waals surface area (Å²) in [5.74, 6) is 0. The highest BCUT2D eigenvalue weighted by molar-refractivity contribution is 5.04. The maximum absolute atomic E-state index is 4.98. The molecule has 0 fully saturated rings. The SMILES string of the molecule is C=COCCCNCc1ccoc1. The molecule has 0 saturated heterocycles. The van der Waals surface area contributed by atoms with Crippen LogP contribution in [0, 0.1) is 0 Å². The Morgan fingerprint density at radius 2 is 2.54 bits per heavy atom. The molecule has 0 aliphatic heterocycles. The fourth-order valence-corrected chi connectivity index (χ4v) is 0.990. The lowest BCUT2D eigenvalue weighted by Gasteiger charge is -2.02. The molecule has 1 aromatic heterocycles. The van der Waals surface area contributed by atoms with E-state index in [1.54, 1.807) is 12.5 Å². The van der Waals surface area contributed by atoms with Crippen molar-refractivity contribution in [2.75, 3.05) is 13.2 Å². The molecule has 1 N–H and O–H groups in total. The van der Waals surface area contributed by atoms with Crippen LogP contribution in [-0.2, 0) is 11.3 Å². The van der Waals surface area contributed by atoms with E-state index in [-0.39, 0.29) is 0 Å². The third-order valence-electron chi connectivity index (χ3n) is 1.64. The fraction of sp³-hybridized carbons (Fsp3) is 0.400. The molecule has 0 atom stereocenters. The lowest BCUT2D eigenvalue weighted by molar-refractivity contribution is 0.244. The van der Waals surface area contributed by atoms with E-state index < -0.39 is 0 Å². The molecule has 0 unspecified atom stereocenters. The van der Waals surface area contributed by atoms with E-state index in [9.17, 15) is 0 Å². The second-order valence-corrected chi connectivity index (χ2v) is 2.70. The van der Waals surface area contributed by atoms with Crippen molar-refractivity contribution in [3.8, 4) is 0 Å². The summed E-state index contributed by atoms with van der Waals surface area (Å²) in [7, 11) is 0. The Morgan fingerprint density at radius 3 is 3.23 bits per heavy atom. The standard InChI is InChI=1S/C10H15NO2/c1-2-12-6-3-5-11-8-10-4-7-13-9-10/h2,4,7,9,11H,1,3,5-6,8H2. The molecule has 13 heavy (non-hydrogen) atoms. The van der Waals surface area contributed by atoms with Gasteiger partial charge in [0, 0.05) is 12.1 Å². The van der Waals surface area contributed by atoms with E-state index in [0.717, 1.165) is 26.1 Å². The van der Waals surface area contributed by atoms with Gasteiger partial charge in [0.25, 0.3) is 0 Å². The fourth-order valence-electron chi connectivity index (χ4n) is 0.990. The minimum Gasteiger partial charge on any atom is -0.502 e. The maximum atomic E-state index is 4.98. The van der Waals surface area contributed by atoms with Gasteiger partial charge in [-0.1, -0.05) is 6.58 Å². The van der Waals surface area contributed by atoms with Crippen molar-refractivity contribution in [3.63, 3.8) is 0 Å². The van der Waals surface area contributed by atoms with Gasteiger partial charge >= 0.3 is 0 Å². The quantitative estimate of drug-likeness (QED) is 0.515. The van der Waals surface area contributed by atoms with Crippen molar-refractivity contribution in [2.24, 2.45) is 0 Å². The highest BCUT2D eigenvalue weighted by Crippen LogP contribution is 1.98. The van der Waals surface area contributed by atoms with Crippen molar-refractivity contribution in [1.29, 1.82) is 0 Å². The molecule has 0 aromatic carbocycles. The van der Waals surface area contributed by atoms with Gasteiger partial charge in [-0.15, -0.1) is 0 Å². The van der Waals surface area contributed by atoms with Gasteiger partial charge in [0.15, 0.2) is 0 Å². The van der Waals surface area contributed by atoms with Gasteiger partial charge in [0.05, 0.1) is 25.4 Å². The maximum Gasteiger partial charge on any atom is 0.0947 e. The van der Waals surface area contributed by atoms with Crippen LogP contribution in [0.5, 0.6) is 0 Å². The predicted molar refractivity (Wildman–Crippen MR) is 51.2 cm³/mol. The Morgan fingerprint density at radius 1 is 1.62 bits per heavy atom. The number of ether oxygens (including phenoxy) is 1. The monoisotopic (exact) mass is 181 g/mol. The first-order chi connectivity index (χ1) is 6.43. The molecule has 1 rings (SSSR count). The van der Waals surface area contributed by atoms with Gasteiger partial charge in [-0.3, -0.25) is 0 Å². The summed E-state index contributed by atoms with van der Waals surface area (Å²) in [6, 6.07) is 1.95. The van der Waals surface area contributed by atoms with E-state index in [2.05, 4.69) is 11.9 Å². The zero-order valence-electron chi connectivity index (χ0n) is 7.66. The first kappa shape index (κ1) is 9.86. The molecule has 3 nitrogen and oxygen atoms in total. The van der Waals surface area contributed by atoms with Crippen LogP contribution in [0.3, 0.4) is 0 Å². The van der Waals surface area contributed by atoms with Crippen molar-refractivity contribution in [1.82, 2.24) is 5.32 Å². The molecule has 0 spiro atoms. The average Bonchev–Trinajstić information content (AvgIpc) is 2.63. The van der Waals surface area contributed by atoms with Crippen molar-refractivity contribution in [3.05, 3.63) is 37.0 Å². The van der Waals surface area contributed by atoms with Crippen LogP contribution in [0.1, 0.15) is 12.0 Å². The van der Waals surface area contributed by atoms with Crippen molar-refractivity contribution in [2.45, 2.75) is 13.0 Å². The zero-order valence-corrected chi connectivity index (χ0v) is 7.66. The molecule has 1 heterocycles. The average molecular weight is 181 g/mol. The molecule has 0 aliphatic carbocycles. The minimum atomic E-state index is 0.724.